The van der Waals surface area contributed by atoms with Gasteiger partial charge in [-0.3, -0.25) is 9.48 Å². The van der Waals surface area contributed by atoms with Crippen LogP contribution in [0.4, 0.5) is 0 Å². The maximum absolute atomic E-state index is 12.9. The summed E-state index contributed by atoms with van der Waals surface area (Å²) >= 11 is 0. The number of likely N-dealkylation sites (tertiary alicyclic amines) is 1. The van der Waals surface area contributed by atoms with Crippen LogP contribution < -0.4 is 0 Å². The van der Waals surface area contributed by atoms with E-state index in [0.717, 1.165) is 37.3 Å². The molecule has 0 N–H and O–H groups in total. The summed E-state index contributed by atoms with van der Waals surface area (Å²) in [6.45, 7) is 5.09. The zero-order valence-corrected chi connectivity index (χ0v) is 13.5. The standard InChI is InChI=1S/C17H23N3O2/c1-12(2)10-13-11-15(19(3)18-13)17(21)20-8-4-6-14(20)16-7-5-9-22-16/h5,7,9,11-12,14H,4,6,8,10H2,1-3H3/t14-/m1/s1. The lowest BCUT2D eigenvalue weighted by atomic mass is 10.1. The second kappa shape index (κ2) is 5.99. The van der Waals surface area contributed by atoms with Crippen molar-refractivity contribution in [3.8, 4) is 0 Å². The Labute approximate surface area is 130 Å². The average Bonchev–Trinajstić information content (AvgIpc) is 3.16. The molecule has 0 unspecified atom stereocenters. The first-order valence-corrected chi connectivity index (χ1v) is 7.93. The van der Waals surface area contributed by atoms with E-state index >= 15 is 0 Å². The first kappa shape index (κ1) is 14.9. The largest absolute Gasteiger partial charge is 0.467 e. The number of hydrogen-bond acceptors (Lipinski definition) is 3. The SMILES string of the molecule is CC(C)Cc1cc(C(=O)N2CCC[C@@H]2c2ccco2)n(C)n1. The third-order valence-electron chi connectivity index (χ3n) is 4.15. The first-order chi connectivity index (χ1) is 10.6. The summed E-state index contributed by atoms with van der Waals surface area (Å²) in [5.41, 5.74) is 1.64. The summed E-state index contributed by atoms with van der Waals surface area (Å²) in [4.78, 5) is 14.8. The summed E-state index contributed by atoms with van der Waals surface area (Å²) in [6, 6.07) is 5.80. The monoisotopic (exact) mass is 301 g/mol. The molecule has 2 aromatic rings. The van der Waals surface area contributed by atoms with E-state index in [-0.39, 0.29) is 11.9 Å². The van der Waals surface area contributed by atoms with Gasteiger partial charge in [0.05, 0.1) is 18.0 Å². The lowest BCUT2D eigenvalue weighted by molar-refractivity contribution is 0.0708. The highest BCUT2D eigenvalue weighted by Gasteiger charge is 2.33. The van der Waals surface area contributed by atoms with Crippen molar-refractivity contribution >= 4 is 5.91 Å². The maximum atomic E-state index is 12.9. The molecule has 118 valence electrons. The van der Waals surface area contributed by atoms with Crippen molar-refractivity contribution in [1.29, 1.82) is 0 Å². The van der Waals surface area contributed by atoms with E-state index in [2.05, 4.69) is 18.9 Å². The van der Waals surface area contributed by atoms with Crippen LogP contribution in [0.5, 0.6) is 0 Å². The van der Waals surface area contributed by atoms with Gasteiger partial charge in [0.1, 0.15) is 11.5 Å². The first-order valence-electron chi connectivity index (χ1n) is 7.93. The third-order valence-corrected chi connectivity index (χ3v) is 4.15. The maximum Gasteiger partial charge on any atom is 0.272 e. The van der Waals surface area contributed by atoms with Crippen LogP contribution >= 0.6 is 0 Å². The van der Waals surface area contributed by atoms with Crippen LogP contribution in [0.2, 0.25) is 0 Å². The van der Waals surface area contributed by atoms with Gasteiger partial charge in [-0.05, 0) is 43.4 Å². The Hall–Kier alpha value is -2.04. The van der Waals surface area contributed by atoms with Crippen molar-refractivity contribution in [1.82, 2.24) is 14.7 Å². The Morgan fingerprint density at radius 3 is 3.00 bits per heavy atom. The molecule has 1 aliphatic rings. The van der Waals surface area contributed by atoms with Gasteiger partial charge in [-0.1, -0.05) is 13.8 Å². The molecular weight excluding hydrogens is 278 g/mol. The Kier molecular flexibility index (Phi) is 4.05. The fourth-order valence-electron chi connectivity index (χ4n) is 3.18. The number of aromatic nitrogens is 2. The van der Waals surface area contributed by atoms with Gasteiger partial charge in [0.15, 0.2) is 0 Å². The molecule has 1 aliphatic heterocycles. The molecule has 1 atom stereocenters. The minimum Gasteiger partial charge on any atom is -0.467 e. The molecule has 0 radical (unpaired) electrons. The summed E-state index contributed by atoms with van der Waals surface area (Å²) in [5, 5.41) is 4.48. The summed E-state index contributed by atoms with van der Waals surface area (Å²) in [7, 11) is 1.84. The molecule has 0 spiro atoms. The van der Waals surface area contributed by atoms with Gasteiger partial charge >= 0.3 is 0 Å². The molecule has 3 heterocycles. The number of hydrogen-bond donors (Lipinski definition) is 0. The quantitative estimate of drug-likeness (QED) is 0.871. The van der Waals surface area contributed by atoms with Crippen molar-refractivity contribution in [2.24, 2.45) is 13.0 Å². The van der Waals surface area contributed by atoms with Crippen LogP contribution in [0.25, 0.3) is 0 Å². The third kappa shape index (κ3) is 2.80. The summed E-state index contributed by atoms with van der Waals surface area (Å²) < 4.78 is 7.21. The van der Waals surface area contributed by atoms with E-state index in [0.29, 0.717) is 11.6 Å². The molecule has 0 aliphatic carbocycles. The van der Waals surface area contributed by atoms with Crippen LogP contribution in [-0.2, 0) is 13.5 Å². The minimum atomic E-state index is 0.0453. The lowest BCUT2D eigenvalue weighted by Gasteiger charge is -2.22. The van der Waals surface area contributed by atoms with E-state index in [9.17, 15) is 4.79 Å². The highest BCUT2D eigenvalue weighted by atomic mass is 16.3. The van der Waals surface area contributed by atoms with Gasteiger partial charge in [0, 0.05) is 13.6 Å². The van der Waals surface area contributed by atoms with Gasteiger partial charge in [-0.2, -0.15) is 5.10 Å². The fraction of sp³-hybridized carbons (Fsp3) is 0.529. The molecule has 5 nitrogen and oxygen atoms in total. The van der Waals surface area contributed by atoms with Gasteiger partial charge in [0.2, 0.25) is 0 Å². The van der Waals surface area contributed by atoms with Crippen molar-refractivity contribution in [2.75, 3.05) is 6.54 Å². The number of carbonyl (C=O) groups is 1. The predicted molar refractivity (Wildman–Crippen MR) is 83.5 cm³/mol. The number of nitrogens with zero attached hydrogens (tertiary/aromatic N) is 3. The Morgan fingerprint density at radius 2 is 2.32 bits per heavy atom. The smallest absolute Gasteiger partial charge is 0.272 e. The number of furan rings is 1. The molecule has 5 heteroatoms. The average molecular weight is 301 g/mol. The molecule has 2 aromatic heterocycles. The Balaban J connectivity index is 1.82. The van der Waals surface area contributed by atoms with Crippen LogP contribution in [-0.4, -0.2) is 27.1 Å². The molecule has 1 fully saturated rings. The van der Waals surface area contributed by atoms with Crippen LogP contribution in [0.15, 0.2) is 28.9 Å². The normalized spacial score (nSPS) is 18.4. The van der Waals surface area contributed by atoms with E-state index < -0.39 is 0 Å². The number of rotatable bonds is 4. The Morgan fingerprint density at radius 1 is 1.50 bits per heavy atom. The van der Waals surface area contributed by atoms with E-state index in [4.69, 9.17) is 4.42 Å². The molecule has 22 heavy (non-hydrogen) atoms. The molecule has 3 rings (SSSR count). The molecule has 1 amide bonds. The Bertz CT molecular complexity index is 643. The number of amides is 1. The van der Waals surface area contributed by atoms with Crippen molar-refractivity contribution in [3.05, 3.63) is 41.6 Å². The summed E-state index contributed by atoms with van der Waals surface area (Å²) in [5.74, 6) is 1.44. The zero-order valence-electron chi connectivity index (χ0n) is 13.5. The van der Waals surface area contributed by atoms with Crippen LogP contribution in [0, 0.1) is 5.92 Å². The van der Waals surface area contributed by atoms with Crippen LogP contribution in [0.1, 0.15) is 54.7 Å². The molecule has 0 aromatic carbocycles. The molecule has 1 saturated heterocycles. The second-order valence-corrected chi connectivity index (χ2v) is 6.41. The van der Waals surface area contributed by atoms with Gasteiger partial charge < -0.3 is 9.32 Å². The van der Waals surface area contributed by atoms with Gasteiger partial charge in [-0.25, -0.2) is 0 Å². The summed E-state index contributed by atoms with van der Waals surface area (Å²) in [6.07, 6.45) is 4.52. The van der Waals surface area contributed by atoms with E-state index in [1.807, 2.05) is 30.1 Å². The van der Waals surface area contributed by atoms with E-state index in [1.165, 1.54) is 0 Å². The topological polar surface area (TPSA) is 51.3 Å². The highest BCUT2D eigenvalue weighted by Crippen LogP contribution is 2.33. The second-order valence-electron chi connectivity index (χ2n) is 6.41. The predicted octanol–water partition coefficient (Wildman–Crippen LogP) is 3.19. The van der Waals surface area contributed by atoms with Crippen LogP contribution in [0.3, 0.4) is 0 Å². The van der Waals surface area contributed by atoms with Gasteiger partial charge in [0.25, 0.3) is 5.91 Å². The van der Waals surface area contributed by atoms with Crippen molar-refractivity contribution in [3.63, 3.8) is 0 Å². The minimum absolute atomic E-state index is 0.0453. The van der Waals surface area contributed by atoms with E-state index in [1.54, 1.807) is 10.9 Å². The van der Waals surface area contributed by atoms with Crippen molar-refractivity contribution in [2.45, 2.75) is 39.2 Å². The highest BCUT2D eigenvalue weighted by molar-refractivity contribution is 5.93. The van der Waals surface area contributed by atoms with Gasteiger partial charge in [-0.15, -0.1) is 0 Å². The molecule has 0 saturated carbocycles. The zero-order chi connectivity index (χ0) is 15.7. The fourth-order valence-corrected chi connectivity index (χ4v) is 3.18. The number of aryl methyl sites for hydroxylation is 1. The lowest BCUT2D eigenvalue weighted by Crippen LogP contribution is -2.31. The number of carbonyl (C=O) groups excluding carboxylic acids is 1. The molecule has 0 bridgehead atoms. The van der Waals surface area contributed by atoms with Crippen molar-refractivity contribution < 1.29 is 9.21 Å². The molecular formula is C17H23N3O2.